The van der Waals surface area contributed by atoms with Crippen molar-refractivity contribution in [2.75, 3.05) is 13.7 Å². The van der Waals surface area contributed by atoms with Crippen molar-refractivity contribution in [1.29, 1.82) is 0 Å². The molecule has 1 aliphatic heterocycles. The molecular weight excluding hydrogens is 406 g/mol. The molecule has 2 aromatic rings. The number of amidine groups is 1. The average molecular weight is 426 g/mol. The van der Waals surface area contributed by atoms with E-state index in [0.29, 0.717) is 10.7 Å². The molecule has 2 amide bonds. The first-order chi connectivity index (χ1) is 14.3. The van der Waals surface area contributed by atoms with Crippen LogP contribution in [0.2, 0.25) is 5.02 Å². The van der Waals surface area contributed by atoms with Gasteiger partial charge in [-0.2, -0.15) is 0 Å². The Hall–Kier alpha value is -3.52. The van der Waals surface area contributed by atoms with Gasteiger partial charge >= 0.3 is 0 Å². The summed E-state index contributed by atoms with van der Waals surface area (Å²) >= 11 is 6.22. The van der Waals surface area contributed by atoms with Crippen molar-refractivity contribution in [2.45, 2.75) is 13.0 Å². The van der Waals surface area contributed by atoms with Gasteiger partial charge in [0.1, 0.15) is 12.6 Å². The van der Waals surface area contributed by atoms with Gasteiger partial charge in [0.2, 0.25) is 5.82 Å². The molecule has 1 fully saturated rings. The number of ether oxygens (including phenoxy) is 1. The SMILES string of the molecule is C=CN=C1C(=C)OC[C@H](NC(=O)c2ncc(Cl)c(-c3ccc(C)cc3)n2)C(=O)N1C. The Morgan fingerprint density at radius 2 is 2.10 bits per heavy atom. The lowest BCUT2D eigenvalue weighted by molar-refractivity contribution is -0.128. The van der Waals surface area contributed by atoms with E-state index in [1.54, 1.807) is 0 Å². The summed E-state index contributed by atoms with van der Waals surface area (Å²) in [6, 6.07) is 6.57. The molecule has 2 heterocycles. The summed E-state index contributed by atoms with van der Waals surface area (Å²) in [5, 5.41) is 2.91. The maximum atomic E-state index is 12.7. The average Bonchev–Trinajstić information content (AvgIpc) is 2.83. The number of aliphatic imine (C=N–C) groups is 1. The molecule has 1 saturated heterocycles. The summed E-state index contributed by atoms with van der Waals surface area (Å²) in [5.41, 5.74) is 2.25. The Kier molecular flexibility index (Phi) is 6.27. The summed E-state index contributed by atoms with van der Waals surface area (Å²) in [4.78, 5) is 39.0. The molecule has 30 heavy (non-hydrogen) atoms. The molecule has 1 aromatic carbocycles. The Balaban J connectivity index is 1.84. The predicted molar refractivity (Wildman–Crippen MR) is 114 cm³/mol. The van der Waals surface area contributed by atoms with Gasteiger partial charge in [0.15, 0.2) is 11.6 Å². The van der Waals surface area contributed by atoms with Crippen LogP contribution in [0.3, 0.4) is 0 Å². The van der Waals surface area contributed by atoms with E-state index in [9.17, 15) is 9.59 Å². The highest BCUT2D eigenvalue weighted by Crippen LogP contribution is 2.25. The zero-order chi connectivity index (χ0) is 21.8. The molecule has 1 N–H and O–H groups in total. The number of amides is 2. The van der Waals surface area contributed by atoms with Crippen LogP contribution in [0.5, 0.6) is 0 Å². The summed E-state index contributed by atoms with van der Waals surface area (Å²) in [7, 11) is 1.51. The third-order valence-corrected chi connectivity index (χ3v) is 4.69. The minimum atomic E-state index is -0.973. The van der Waals surface area contributed by atoms with E-state index in [1.807, 2.05) is 31.2 Å². The zero-order valence-corrected chi connectivity index (χ0v) is 17.3. The second-order valence-corrected chi connectivity index (χ2v) is 6.96. The maximum absolute atomic E-state index is 12.7. The third kappa shape index (κ3) is 4.38. The van der Waals surface area contributed by atoms with Crippen molar-refractivity contribution in [3.8, 4) is 11.3 Å². The molecular formula is C21H20ClN5O3. The van der Waals surface area contributed by atoms with Gasteiger partial charge in [-0.3, -0.25) is 14.5 Å². The van der Waals surface area contributed by atoms with Crippen LogP contribution >= 0.6 is 11.6 Å². The predicted octanol–water partition coefficient (Wildman–Crippen LogP) is 2.75. The number of halogens is 1. The number of benzene rings is 1. The van der Waals surface area contributed by atoms with E-state index >= 15 is 0 Å². The number of aryl methyl sites for hydroxylation is 1. The second kappa shape index (κ2) is 8.87. The number of nitrogens with zero attached hydrogens (tertiary/aromatic N) is 4. The molecule has 0 aliphatic carbocycles. The Morgan fingerprint density at radius 1 is 1.40 bits per heavy atom. The Labute approximate surface area is 179 Å². The van der Waals surface area contributed by atoms with E-state index in [-0.39, 0.29) is 24.0 Å². The fourth-order valence-electron chi connectivity index (χ4n) is 2.81. The van der Waals surface area contributed by atoms with Gasteiger partial charge in [-0.25, -0.2) is 15.0 Å². The third-order valence-electron chi connectivity index (χ3n) is 4.41. The van der Waals surface area contributed by atoms with E-state index in [2.05, 4.69) is 33.4 Å². The van der Waals surface area contributed by atoms with Crippen LogP contribution in [0.4, 0.5) is 0 Å². The Bertz CT molecular complexity index is 1050. The summed E-state index contributed by atoms with van der Waals surface area (Å²) < 4.78 is 5.47. The van der Waals surface area contributed by atoms with E-state index < -0.39 is 17.9 Å². The molecule has 0 spiro atoms. The van der Waals surface area contributed by atoms with E-state index in [1.165, 1.54) is 24.3 Å². The molecule has 1 atom stereocenters. The molecule has 3 rings (SSSR count). The van der Waals surface area contributed by atoms with Crippen LogP contribution in [0.25, 0.3) is 11.3 Å². The molecule has 0 radical (unpaired) electrons. The van der Waals surface area contributed by atoms with Crippen molar-refractivity contribution in [2.24, 2.45) is 4.99 Å². The van der Waals surface area contributed by atoms with Crippen LogP contribution in [-0.2, 0) is 9.53 Å². The fourth-order valence-corrected chi connectivity index (χ4v) is 3.01. The first kappa shape index (κ1) is 21.2. The van der Waals surface area contributed by atoms with Crippen molar-refractivity contribution < 1.29 is 14.3 Å². The normalized spacial score (nSPS) is 18.0. The van der Waals surface area contributed by atoms with Crippen LogP contribution in [-0.4, -0.2) is 52.2 Å². The van der Waals surface area contributed by atoms with Gasteiger partial charge in [0.25, 0.3) is 11.8 Å². The number of likely N-dealkylation sites (N-methyl/N-ethyl adjacent to an activating group) is 1. The van der Waals surface area contributed by atoms with E-state index in [0.717, 1.165) is 11.1 Å². The molecule has 0 saturated carbocycles. The van der Waals surface area contributed by atoms with Gasteiger partial charge in [0, 0.05) is 18.8 Å². The number of aromatic nitrogens is 2. The lowest BCUT2D eigenvalue weighted by Crippen LogP contribution is -2.49. The van der Waals surface area contributed by atoms with Crippen molar-refractivity contribution in [3.05, 3.63) is 72.0 Å². The molecule has 1 aliphatic rings. The standard InChI is InChI=1S/C21H20ClN5O3/c1-5-23-19-13(3)30-11-16(21(29)27(19)4)25-20(28)18-24-10-15(22)17(26-18)14-8-6-12(2)7-9-14/h5-10,16H,1,3,11H2,2,4H3,(H,25,28)/t16-/m0/s1. The summed E-state index contributed by atoms with van der Waals surface area (Å²) in [6.07, 6.45) is 2.63. The second-order valence-electron chi connectivity index (χ2n) is 6.55. The highest BCUT2D eigenvalue weighted by atomic mass is 35.5. The number of carbonyl (C=O) groups excluding carboxylic acids is 2. The highest BCUT2D eigenvalue weighted by molar-refractivity contribution is 6.33. The summed E-state index contributed by atoms with van der Waals surface area (Å²) in [5.74, 6) is -0.753. The van der Waals surface area contributed by atoms with Crippen molar-refractivity contribution in [3.63, 3.8) is 0 Å². The zero-order valence-electron chi connectivity index (χ0n) is 16.6. The van der Waals surface area contributed by atoms with Crippen LogP contribution in [0, 0.1) is 6.92 Å². The number of rotatable bonds is 4. The van der Waals surface area contributed by atoms with Gasteiger partial charge < -0.3 is 10.1 Å². The number of hydrogen-bond acceptors (Lipinski definition) is 6. The quantitative estimate of drug-likeness (QED) is 0.812. The first-order valence-electron chi connectivity index (χ1n) is 9.00. The first-order valence-corrected chi connectivity index (χ1v) is 9.38. The largest absolute Gasteiger partial charge is 0.488 e. The monoisotopic (exact) mass is 425 g/mol. The van der Waals surface area contributed by atoms with Crippen LogP contribution < -0.4 is 5.32 Å². The van der Waals surface area contributed by atoms with Crippen LogP contribution in [0.15, 0.2) is 60.6 Å². The Morgan fingerprint density at radius 3 is 2.77 bits per heavy atom. The molecule has 154 valence electrons. The molecule has 0 bridgehead atoms. The molecule has 1 aromatic heterocycles. The maximum Gasteiger partial charge on any atom is 0.289 e. The summed E-state index contributed by atoms with van der Waals surface area (Å²) in [6.45, 7) is 9.11. The van der Waals surface area contributed by atoms with E-state index in [4.69, 9.17) is 16.3 Å². The number of hydrogen-bond donors (Lipinski definition) is 1. The minimum Gasteiger partial charge on any atom is -0.488 e. The van der Waals surface area contributed by atoms with Gasteiger partial charge in [0.05, 0.1) is 16.9 Å². The van der Waals surface area contributed by atoms with Crippen LogP contribution in [0.1, 0.15) is 16.2 Å². The van der Waals surface area contributed by atoms with Crippen molar-refractivity contribution >= 4 is 29.3 Å². The van der Waals surface area contributed by atoms with Gasteiger partial charge in [-0.1, -0.05) is 54.6 Å². The smallest absolute Gasteiger partial charge is 0.289 e. The highest BCUT2D eigenvalue weighted by Gasteiger charge is 2.33. The van der Waals surface area contributed by atoms with Crippen molar-refractivity contribution in [1.82, 2.24) is 20.2 Å². The number of nitrogens with one attached hydrogen (secondary N) is 1. The number of carbonyl (C=O) groups is 2. The molecule has 0 unspecified atom stereocenters. The molecule has 8 nitrogen and oxygen atoms in total. The lowest BCUT2D eigenvalue weighted by Gasteiger charge is -2.19. The minimum absolute atomic E-state index is 0.109. The lowest BCUT2D eigenvalue weighted by atomic mass is 10.1. The fraction of sp³-hybridized carbons (Fsp3) is 0.190. The van der Waals surface area contributed by atoms with Gasteiger partial charge in [-0.05, 0) is 6.92 Å². The topological polar surface area (TPSA) is 96.8 Å². The molecule has 9 heteroatoms. The van der Waals surface area contributed by atoms with Gasteiger partial charge in [-0.15, -0.1) is 0 Å².